The number of amides is 1. The smallest absolute Gasteiger partial charge is 0.220 e. The van der Waals surface area contributed by atoms with Gasteiger partial charge in [-0.15, -0.1) is 0 Å². The highest BCUT2D eigenvalue weighted by atomic mass is 35.5. The number of aromatic nitrogens is 4. The molecule has 0 aliphatic carbocycles. The molecule has 0 aliphatic rings. The number of aryl methyl sites for hydroxylation is 1. The lowest BCUT2D eigenvalue weighted by Gasteiger charge is -2.01. The van der Waals surface area contributed by atoms with Crippen LogP contribution < -0.4 is 5.32 Å². The average molecular weight is 354 g/mol. The van der Waals surface area contributed by atoms with Crippen LogP contribution in [-0.2, 0) is 17.8 Å². The summed E-state index contributed by atoms with van der Waals surface area (Å²) in [6, 6.07) is 11.5. The van der Waals surface area contributed by atoms with Crippen molar-refractivity contribution in [1.29, 1.82) is 0 Å². The quantitative estimate of drug-likeness (QED) is 0.579. The monoisotopic (exact) mass is 353 g/mol. The van der Waals surface area contributed by atoms with E-state index >= 15 is 0 Å². The fraction of sp³-hybridized carbons (Fsp3) is 0.167. The van der Waals surface area contributed by atoms with E-state index in [1.54, 1.807) is 12.3 Å². The maximum Gasteiger partial charge on any atom is 0.220 e. The summed E-state index contributed by atoms with van der Waals surface area (Å²) >= 11 is 5.96. The SMILES string of the molecule is O=C(CCc1nc2ccccc2[nH]1)NCc1cn2cc(Cl)ccc2n1. The van der Waals surface area contributed by atoms with Crippen LogP contribution in [0.25, 0.3) is 16.7 Å². The second kappa shape index (κ2) is 6.57. The number of nitrogens with one attached hydrogen (secondary N) is 2. The number of hydrogen-bond acceptors (Lipinski definition) is 3. The van der Waals surface area contributed by atoms with Crippen molar-refractivity contribution in [2.75, 3.05) is 0 Å². The van der Waals surface area contributed by atoms with Gasteiger partial charge in [0.05, 0.1) is 28.3 Å². The van der Waals surface area contributed by atoms with Crippen molar-refractivity contribution < 1.29 is 4.79 Å². The van der Waals surface area contributed by atoms with E-state index in [0.29, 0.717) is 24.4 Å². The second-order valence-corrected chi connectivity index (χ2v) is 6.26. The van der Waals surface area contributed by atoms with Gasteiger partial charge in [0.2, 0.25) is 5.91 Å². The van der Waals surface area contributed by atoms with Crippen molar-refractivity contribution in [2.45, 2.75) is 19.4 Å². The van der Waals surface area contributed by atoms with Crippen LogP contribution in [0, 0.1) is 0 Å². The number of halogens is 1. The van der Waals surface area contributed by atoms with Crippen molar-refractivity contribution in [1.82, 2.24) is 24.7 Å². The Labute approximate surface area is 148 Å². The molecule has 0 saturated carbocycles. The van der Waals surface area contributed by atoms with Gasteiger partial charge in [0.15, 0.2) is 0 Å². The highest BCUT2D eigenvalue weighted by Gasteiger charge is 2.08. The molecule has 1 aromatic carbocycles. The third kappa shape index (κ3) is 3.49. The van der Waals surface area contributed by atoms with E-state index in [1.807, 2.05) is 40.9 Å². The summed E-state index contributed by atoms with van der Waals surface area (Å²) < 4.78 is 1.85. The third-order valence-electron chi connectivity index (χ3n) is 3.96. The van der Waals surface area contributed by atoms with Crippen LogP contribution in [0.4, 0.5) is 0 Å². The molecule has 0 fully saturated rings. The Bertz CT molecular complexity index is 1020. The van der Waals surface area contributed by atoms with Gasteiger partial charge >= 0.3 is 0 Å². The fourth-order valence-electron chi connectivity index (χ4n) is 2.74. The van der Waals surface area contributed by atoms with Crippen LogP contribution in [0.3, 0.4) is 0 Å². The van der Waals surface area contributed by atoms with Gasteiger partial charge in [0.1, 0.15) is 11.5 Å². The number of fused-ring (bicyclic) bond motifs is 2. The minimum absolute atomic E-state index is 0.0319. The first-order chi connectivity index (χ1) is 12.2. The van der Waals surface area contributed by atoms with Gasteiger partial charge in [-0.05, 0) is 24.3 Å². The van der Waals surface area contributed by atoms with Crippen LogP contribution in [0.15, 0.2) is 48.8 Å². The molecule has 0 aliphatic heterocycles. The molecule has 0 radical (unpaired) electrons. The molecule has 0 spiro atoms. The van der Waals surface area contributed by atoms with Gasteiger partial charge in [-0.3, -0.25) is 4.79 Å². The highest BCUT2D eigenvalue weighted by Crippen LogP contribution is 2.12. The van der Waals surface area contributed by atoms with E-state index in [9.17, 15) is 4.79 Å². The lowest BCUT2D eigenvalue weighted by atomic mass is 10.3. The number of H-pyrrole nitrogens is 1. The Kier molecular flexibility index (Phi) is 4.11. The van der Waals surface area contributed by atoms with E-state index in [1.165, 1.54) is 0 Å². The van der Waals surface area contributed by atoms with Crippen LogP contribution >= 0.6 is 11.6 Å². The fourth-order valence-corrected chi connectivity index (χ4v) is 2.90. The molecule has 2 N–H and O–H groups in total. The van der Waals surface area contributed by atoms with Crippen molar-refractivity contribution in [3.8, 4) is 0 Å². The number of carbonyl (C=O) groups is 1. The van der Waals surface area contributed by atoms with Gasteiger partial charge in [0, 0.05) is 25.2 Å². The number of hydrogen-bond donors (Lipinski definition) is 2. The molecule has 0 unspecified atom stereocenters. The summed E-state index contributed by atoms with van der Waals surface area (Å²) in [6.07, 6.45) is 4.60. The molecular formula is C18H16ClN5O. The Morgan fingerprint density at radius 3 is 2.92 bits per heavy atom. The van der Waals surface area contributed by atoms with Crippen LogP contribution in [0.1, 0.15) is 17.9 Å². The zero-order valence-corrected chi connectivity index (χ0v) is 14.1. The molecule has 0 bridgehead atoms. The predicted octanol–water partition coefficient (Wildman–Crippen LogP) is 3.11. The maximum absolute atomic E-state index is 12.1. The van der Waals surface area contributed by atoms with Gasteiger partial charge in [0.25, 0.3) is 0 Å². The molecule has 4 rings (SSSR count). The number of carbonyl (C=O) groups excluding carboxylic acids is 1. The Morgan fingerprint density at radius 1 is 1.16 bits per heavy atom. The Balaban J connectivity index is 1.33. The molecule has 3 aromatic heterocycles. The van der Waals surface area contributed by atoms with Crippen LogP contribution in [0.5, 0.6) is 0 Å². The summed E-state index contributed by atoms with van der Waals surface area (Å²) in [6.45, 7) is 0.387. The maximum atomic E-state index is 12.1. The first-order valence-electron chi connectivity index (χ1n) is 8.01. The van der Waals surface area contributed by atoms with E-state index in [-0.39, 0.29) is 5.91 Å². The molecule has 7 heteroatoms. The van der Waals surface area contributed by atoms with Crippen molar-refractivity contribution in [2.24, 2.45) is 0 Å². The number of para-hydroxylation sites is 2. The van der Waals surface area contributed by atoms with Crippen LogP contribution in [-0.4, -0.2) is 25.3 Å². The third-order valence-corrected chi connectivity index (χ3v) is 4.18. The summed E-state index contributed by atoms with van der Waals surface area (Å²) in [5, 5.41) is 3.53. The Morgan fingerprint density at radius 2 is 2.04 bits per heavy atom. The second-order valence-electron chi connectivity index (χ2n) is 5.82. The molecular weight excluding hydrogens is 338 g/mol. The lowest BCUT2D eigenvalue weighted by Crippen LogP contribution is -2.23. The van der Waals surface area contributed by atoms with Gasteiger partial charge < -0.3 is 14.7 Å². The molecule has 6 nitrogen and oxygen atoms in total. The minimum Gasteiger partial charge on any atom is -0.350 e. The highest BCUT2D eigenvalue weighted by molar-refractivity contribution is 6.30. The molecule has 25 heavy (non-hydrogen) atoms. The summed E-state index contributed by atoms with van der Waals surface area (Å²) in [4.78, 5) is 24.2. The number of nitrogens with zero attached hydrogens (tertiary/aromatic N) is 3. The van der Waals surface area contributed by atoms with Crippen molar-refractivity contribution in [3.05, 3.63) is 65.3 Å². The molecule has 0 saturated heterocycles. The lowest BCUT2D eigenvalue weighted by molar-refractivity contribution is -0.121. The largest absolute Gasteiger partial charge is 0.350 e. The topological polar surface area (TPSA) is 75.1 Å². The minimum atomic E-state index is -0.0319. The summed E-state index contributed by atoms with van der Waals surface area (Å²) in [5.41, 5.74) is 3.50. The van der Waals surface area contributed by atoms with E-state index in [4.69, 9.17) is 11.6 Å². The summed E-state index contributed by atoms with van der Waals surface area (Å²) in [7, 11) is 0. The molecule has 126 valence electrons. The van der Waals surface area contributed by atoms with Gasteiger partial charge in [-0.25, -0.2) is 9.97 Å². The molecule has 1 amide bonds. The number of aromatic amines is 1. The molecule has 3 heterocycles. The average Bonchev–Trinajstić information content (AvgIpc) is 3.20. The van der Waals surface area contributed by atoms with Crippen molar-refractivity contribution in [3.63, 3.8) is 0 Å². The number of pyridine rings is 1. The number of imidazole rings is 2. The van der Waals surface area contributed by atoms with E-state index < -0.39 is 0 Å². The van der Waals surface area contributed by atoms with E-state index in [2.05, 4.69) is 20.3 Å². The normalized spacial score (nSPS) is 11.2. The van der Waals surface area contributed by atoms with Crippen LogP contribution in [0.2, 0.25) is 5.02 Å². The van der Waals surface area contributed by atoms with E-state index in [0.717, 1.165) is 28.2 Å². The summed E-state index contributed by atoms with van der Waals surface area (Å²) in [5.74, 6) is 0.786. The number of rotatable bonds is 5. The first-order valence-corrected chi connectivity index (χ1v) is 8.39. The molecule has 4 aromatic rings. The number of benzene rings is 1. The zero-order valence-electron chi connectivity index (χ0n) is 13.4. The molecule has 0 atom stereocenters. The Hall–Kier alpha value is -2.86. The first kappa shape index (κ1) is 15.7. The van der Waals surface area contributed by atoms with Gasteiger partial charge in [-0.1, -0.05) is 23.7 Å². The van der Waals surface area contributed by atoms with Crippen molar-refractivity contribution >= 4 is 34.2 Å². The van der Waals surface area contributed by atoms with Gasteiger partial charge in [-0.2, -0.15) is 0 Å². The predicted molar refractivity (Wildman–Crippen MR) is 96.5 cm³/mol. The zero-order chi connectivity index (χ0) is 17.2. The standard InChI is InChI=1S/C18H16ClN5O/c19-12-5-7-17-21-13(11-24(17)10-12)9-20-18(25)8-6-16-22-14-3-1-2-4-15(14)23-16/h1-5,7,10-11H,6,8-9H2,(H,20,25)(H,22,23).